The van der Waals surface area contributed by atoms with E-state index in [2.05, 4.69) is 4.98 Å². The van der Waals surface area contributed by atoms with E-state index < -0.39 is 29.7 Å². The highest BCUT2D eigenvalue weighted by molar-refractivity contribution is 5.93. The summed E-state index contributed by atoms with van der Waals surface area (Å²) in [5.74, 6) is -4.87. The minimum atomic E-state index is -1.22. The van der Waals surface area contributed by atoms with Crippen molar-refractivity contribution in [3.8, 4) is 0 Å². The Bertz CT molecular complexity index is 552. The Morgan fingerprint density at radius 2 is 1.95 bits per heavy atom. The largest absolute Gasteiger partial charge is 0.481 e. The number of aryl methyl sites for hydroxylation is 1. The highest BCUT2D eigenvalue weighted by atomic mass is 16.4. The van der Waals surface area contributed by atoms with E-state index in [1.807, 2.05) is 0 Å². The zero-order valence-electron chi connectivity index (χ0n) is 10.8. The first-order valence-electron chi connectivity index (χ1n) is 6.06. The number of rotatable bonds is 3. The lowest BCUT2D eigenvalue weighted by molar-refractivity contribution is -0.156. The molecule has 1 aromatic rings. The summed E-state index contributed by atoms with van der Waals surface area (Å²) in [7, 11) is 0. The van der Waals surface area contributed by atoms with E-state index in [0.717, 1.165) is 6.39 Å². The molecular formula is C12H14N2O6. The lowest BCUT2D eigenvalue weighted by atomic mass is 9.85. The zero-order chi connectivity index (χ0) is 14.9. The molecule has 0 radical (unpaired) electrons. The Morgan fingerprint density at radius 1 is 1.30 bits per heavy atom. The molecule has 8 nitrogen and oxygen atoms in total. The number of likely N-dealkylation sites (tertiary alicyclic amines) is 1. The number of oxazole rings is 1. The molecule has 0 bridgehead atoms. The second kappa shape index (κ2) is 5.32. The van der Waals surface area contributed by atoms with Crippen molar-refractivity contribution in [2.75, 3.05) is 13.1 Å². The lowest BCUT2D eigenvalue weighted by Gasteiger charge is -2.34. The molecule has 1 aliphatic rings. The lowest BCUT2D eigenvalue weighted by Crippen LogP contribution is -2.48. The minimum absolute atomic E-state index is 0.0583. The number of carboxylic acids is 2. The molecule has 2 rings (SSSR count). The predicted molar refractivity (Wildman–Crippen MR) is 64.0 cm³/mol. The molecule has 108 valence electrons. The van der Waals surface area contributed by atoms with Crippen molar-refractivity contribution >= 4 is 17.8 Å². The third kappa shape index (κ3) is 2.49. The third-order valence-corrected chi connectivity index (χ3v) is 3.47. The number of hydrogen-bond acceptors (Lipinski definition) is 5. The molecule has 20 heavy (non-hydrogen) atoms. The van der Waals surface area contributed by atoms with Crippen LogP contribution in [0.3, 0.4) is 0 Å². The van der Waals surface area contributed by atoms with Crippen LogP contribution in [0, 0.1) is 18.8 Å². The Labute approximate surface area is 114 Å². The molecule has 0 spiro atoms. The molecule has 2 unspecified atom stereocenters. The van der Waals surface area contributed by atoms with Crippen molar-refractivity contribution < 1.29 is 29.0 Å². The van der Waals surface area contributed by atoms with Crippen LogP contribution in [-0.2, 0) is 9.59 Å². The number of nitrogens with zero attached hydrogens (tertiary/aromatic N) is 2. The number of hydrogen-bond donors (Lipinski definition) is 2. The van der Waals surface area contributed by atoms with Gasteiger partial charge in [0.25, 0.3) is 5.91 Å². The number of amides is 1. The summed E-state index contributed by atoms with van der Waals surface area (Å²) >= 11 is 0. The van der Waals surface area contributed by atoms with Crippen LogP contribution in [0.1, 0.15) is 22.7 Å². The van der Waals surface area contributed by atoms with Gasteiger partial charge in [0.1, 0.15) is 0 Å². The molecule has 2 heterocycles. The van der Waals surface area contributed by atoms with Crippen LogP contribution in [0.5, 0.6) is 0 Å². The first kappa shape index (κ1) is 14.0. The summed E-state index contributed by atoms with van der Waals surface area (Å²) in [4.78, 5) is 39.5. The SMILES string of the molecule is Cc1ncoc1C(=O)N1CCC(C(=O)O)C(C(=O)O)C1. The van der Waals surface area contributed by atoms with E-state index in [1.165, 1.54) is 4.90 Å². The first-order chi connectivity index (χ1) is 9.41. The fourth-order valence-electron chi connectivity index (χ4n) is 2.33. The van der Waals surface area contributed by atoms with Crippen LogP contribution in [0.4, 0.5) is 0 Å². The van der Waals surface area contributed by atoms with E-state index in [4.69, 9.17) is 14.6 Å². The number of carbonyl (C=O) groups is 3. The average molecular weight is 282 g/mol. The van der Waals surface area contributed by atoms with Crippen LogP contribution in [0.15, 0.2) is 10.8 Å². The van der Waals surface area contributed by atoms with E-state index >= 15 is 0 Å². The van der Waals surface area contributed by atoms with Crippen molar-refractivity contribution in [1.82, 2.24) is 9.88 Å². The van der Waals surface area contributed by atoms with Gasteiger partial charge in [-0.2, -0.15) is 0 Å². The summed E-state index contributed by atoms with van der Waals surface area (Å²) in [6.07, 6.45) is 1.24. The number of aliphatic carboxylic acids is 2. The standard InChI is InChI=1S/C12H14N2O6/c1-6-9(20-5-13-6)10(15)14-3-2-7(11(16)17)8(4-14)12(18)19/h5,7-8H,2-4H2,1H3,(H,16,17)(H,18,19). The second-order valence-electron chi connectivity index (χ2n) is 4.70. The topological polar surface area (TPSA) is 121 Å². The molecule has 0 aliphatic carbocycles. The van der Waals surface area contributed by atoms with Gasteiger partial charge in [-0.15, -0.1) is 0 Å². The summed E-state index contributed by atoms with van der Waals surface area (Å²) in [6.45, 7) is 1.64. The quantitative estimate of drug-likeness (QED) is 0.813. The molecule has 0 saturated carbocycles. The second-order valence-corrected chi connectivity index (χ2v) is 4.70. The normalized spacial score (nSPS) is 22.6. The van der Waals surface area contributed by atoms with Gasteiger partial charge in [0.05, 0.1) is 17.5 Å². The van der Waals surface area contributed by atoms with Crippen molar-refractivity contribution in [1.29, 1.82) is 0 Å². The van der Waals surface area contributed by atoms with Gasteiger partial charge in [-0.25, -0.2) is 4.98 Å². The molecule has 1 saturated heterocycles. The van der Waals surface area contributed by atoms with Crippen LogP contribution in [0.2, 0.25) is 0 Å². The van der Waals surface area contributed by atoms with Gasteiger partial charge in [0.15, 0.2) is 6.39 Å². The first-order valence-corrected chi connectivity index (χ1v) is 6.06. The van der Waals surface area contributed by atoms with Crippen molar-refractivity contribution in [3.63, 3.8) is 0 Å². The summed E-state index contributed by atoms with van der Waals surface area (Å²) < 4.78 is 4.98. The molecule has 2 atom stereocenters. The summed E-state index contributed by atoms with van der Waals surface area (Å²) in [5.41, 5.74) is 0.419. The summed E-state index contributed by atoms with van der Waals surface area (Å²) in [6, 6.07) is 0. The molecule has 8 heteroatoms. The van der Waals surface area contributed by atoms with Gasteiger partial charge in [0.2, 0.25) is 5.76 Å². The molecule has 1 amide bonds. The van der Waals surface area contributed by atoms with Crippen molar-refractivity contribution in [2.24, 2.45) is 11.8 Å². The Hall–Kier alpha value is -2.38. The van der Waals surface area contributed by atoms with E-state index in [1.54, 1.807) is 6.92 Å². The molecular weight excluding hydrogens is 268 g/mol. The van der Waals surface area contributed by atoms with Crippen LogP contribution in [-0.4, -0.2) is 51.0 Å². The van der Waals surface area contributed by atoms with Crippen molar-refractivity contribution in [2.45, 2.75) is 13.3 Å². The minimum Gasteiger partial charge on any atom is -0.481 e. The maximum Gasteiger partial charge on any atom is 0.309 e. The van der Waals surface area contributed by atoms with Crippen molar-refractivity contribution in [3.05, 3.63) is 17.8 Å². The highest BCUT2D eigenvalue weighted by Crippen LogP contribution is 2.26. The Balaban J connectivity index is 2.17. The Morgan fingerprint density at radius 3 is 2.45 bits per heavy atom. The molecule has 1 aliphatic heterocycles. The maximum atomic E-state index is 12.2. The van der Waals surface area contributed by atoms with E-state index in [0.29, 0.717) is 5.69 Å². The van der Waals surface area contributed by atoms with Crippen LogP contribution in [0.25, 0.3) is 0 Å². The maximum absolute atomic E-state index is 12.2. The number of piperidine rings is 1. The molecule has 1 fully saturated rings. The molecule has 2 N–H and O–H groups in total. The number of carboxylic acid groups (broad SMARTS) is 2. The van der Waals surface area contributed by atoms with Crippen LogP contribution >= 0.6 is 0 Å². The van der Waals surface area contributed by atoms with Gasteiger partial charge >= 0.3 is 11.9 Å². The van der Waals surface area contributed by atoms with Gasteiger partial charge < -0.3 is 19.5 Å². The monoisotopic (exact) mass is 282 g/mol. The smallest absolute Gasteiger partial charge is 0.309 e. The van der Waals surface area contributed by atoms with Gasteiger partial charge in [-0.3, -0.25) is 14.4 Å². The van der Waals surface area contributed by atoms with Gasteiger partial charge in [0, 0.05) is 13.1 Å². The molecule has 1 aromatic heterocycles. The van der Waals surface area contributed by atoms with E-state index in [-0.39, 0.29) is 25.3 Å². The van der Waals surface area contributed by atoms with Gasteiger partial charge in [-0.1, -0.05) is 0 Å². The fraction of sp³-hybridized carbons (Fsp3) is 0.500. The Kier molecular flexibility index (Phi) is 3.73. The predicted octanol–water partition coefficient (Wildman–Crippen LogP) is 0.231. The zero-order valence-corrected chi connectivity index (χ0v) is 10.8. The highest BCUT2D eigenvalue weighted by Gasteiger charge is 2.40. The van der Waals surface area contributed by atoms with E-state index in [9.17, 15) is 14.4 Å². The van der Waals surface area contributed by atoms with Gasteiger partial charge in [-0.05, 0) is 13.3 Å². The number of aromatic nitrogens is 1. The third-order valence-electron chi connectivity index (χ3n) is 3.47. The number of carbonyl (C=O) groups excluding carboxylic acids is 1. The van der Waals surface area contributed by atoms with Crippen LogP contribution < -0.4 is 0 Å². The molecule has 0 aromatic carbocycles. The fourth-order valence-corrected chi connectivity index (χ4v) is 2.33. The average Bonchev–Trinajstić information content (AvgIpc) is 2.83. The summed E-state index contributed by atoms with van der Waals surface area (Å²) in [5, 5.41) is 18.1.